The average molecular weight is 357 g/mol. The highest BCUT2D eigenvalue weighted by molar-refractivity contribution is 9.10. The zero-order chi connectivity index (χ0) is 13.4. The maximum absolute atomic E-state index is 5.97. The molecule has 96 valence electrons. The lowest BCUT2D eigenvalue weighted by Gasteiger charge is -2.01. The molecule has 3 rings (SSSR count). The number of nitrogens with zero attached hydrogens (tertiary/aromatic N) is 1. The zero-order valence-electron chi connectivity index (χ0n) is 9.55. The topological polar surface area (TPSA) is 40.7 Å². The van der Waals surface area contributed by atoms with Crippen molar-refractivity contribution in [3.63, 3.8) is 0 Å². The van der Waals surface area contributed by atoms with Crippen LogP contribution in [0.15, 0.2) is 40.9 Å². The molecule has 0 saturated heterocycles. The Morgan fingerprint density at radius 2 is 1.74 bits per heavy atom. The monoisotopic (exact) mass is 355 g/mol. The van der Waals surface area contributed by atoms with Crippen LogP contribution in [0.2, 0.25) is 10.0 Å². The molecule has 0 unspecified atom stereocenters. The molecule has 19 heavy (non-hydrogen) atoms. The Kier molecular flexibility index (Phi) is 3.39. The molecule has 0 amide bonds. The first-order valence-electron chi connectivity index (χ1n) is 5.49. The first kappa shape index (κ1) is 12.8. The number of aromatic nitrogens is 2. The molecule has 2 aromatic carbocycles. The number of halogens is 3. The quantitative estimate of drug-likeness (QED) is 0.647. The fourth-order valence-corrected chi connectivity index (χ4v) is 2.32. The SMILES string of the molecule is Clc1cc2nc(Nc3ccc(Br)cc3)[nH]c2cc1Cl. The Bertz CT molecular complexity index is 698. The van der Waals surface area contributed by atoms with E-state index in [1.165, 1.54) is 0 Å². The lowest BCUT2D eigenvalue weighted by Crippen LogP contribution is -1.91. The van der Waals surface area contributed by atoms with Crippen molar-refractivity contribution < 1.29 is 0 Å². The van der Waals surface area contributed by atoms with E-state index in [4.69, 9.17) is 23.2 Å². The van der Waals surface area contributed by atoms with Crippen molar-refractivity contribution in [3.8, 4) is 0 Å². The number of imidazole rings is 1. The Hall–Kier alpha value is -1.23. The van der Waals surface area contributed by atoms with Crippen molar-refractivity contribution in [2.24, 2.45) is 0 Å². The van der Waals surface area contributed by atoms with Gasteiger partial charge in [0.15, 0.2) is 0 Å². The van der Waals surface area contributed by atoms with Gasteiger partial charge in [0, 0.05) is 10.2 Å². The summed E-state index contributed by atoms with van der Waals surface area (Å²) in [5.74, 6) is 0.649. The minimum atomic E-state index is 0.496. The molecule has 3 nitrogen and oxygen atoms in total. The third-order valence-electron chi connectivity index (χ3n) is 2.63. The number of fused-ring (bicyclic) bond motifs is 1. The molecular formula is C13H8BrCl2N3. The van der Waals surface area contributed by atoms with E-state index in [-0.39, 0.29) is 0 Å². The average Bonchev–Trinajstić information content (AvgIpc) is 2.74. The number of anilines is 2. The van der Waals surface area contributed by atoms with Crippen LogP contribution < -0.4 is 5.32 Å². The highest BCUT2D eigenvalue weighted by Gasteiger charge is 2.06. The summed E-state index contributed by atoms with van der Waals surface area (Å²) in [5.41, 5.74) is 2.56. The number of hydrogen-bond acceptors (Lipinski definition) is 2. The van der Waals surface area contributed by atoms with Gasteiger partial charge in [-0.2, -0.15) is 0 Å². The number of benzene rings is 2. The minimum absolute atomic E-state index is 0.496. The molecule has 3 aromatic rings. The predicted molar refractivity (Wildman–Crippen MR) is 83.5 cm³/mol. The Labute approximate surface area is 128 Å². The summed E-state index contributed by atoms with van der Waals surface area (Å²) in [6, 6.07) is 11.3. The molecule has 0 radical (unpaired) electrons. The molecular weight excluding hydrogens is 349 g/mol. The highest BCUT2D eigenvalue weighted by atomic mass is 79.9. The molecule has 0 aliphatic heterocycles. The third-order valence-corrected chi connectivity index (χ3v) is 3.88. The molecule has 0 spiro atoms. The van der Waals surface area contributed by atoms with E-state index in [2.05, 4.69) is 31.2 Å². The van der Waals surface area contributed by atoms with Crippen molar-refractivity contribution in [2.75, 3.05) is 5.32 Å². The van der Waals surface area contributed by atoms with Crippen molar-refractivity contribution in [2.45, 2.75) is 0 Å². The van der Waals surface area contributed by atoms with Crippen LogP contribution in [-0.4, -0.2) is 9.97 Å². The van der Waals surface area contributed by atoms with E-state index in [0.29, 0.717) is 16.0 Å². The van der Waals surface area contributed by atoms with Crippen LogP contribution in [0.3, 0.4) is 0 Å². The van der Waals surface area contributed by atoms with Gasteiger partial charge < -0.3 is 10.3 Å². The zero-order valence-corrected chi connectivity index (χ0v) is 12.6. The van der Waals surface area contributed by atoms with Crippen LogP contribution in [0.25, 0.3) is 11.0 Å². The summed E-state index contributed by atoms with van der Waals surface area (Å²) >= 11 is 15.3. The van der Waals surface area contributed by atoms with Gasteiger partial charge in [0.1, 0.15) is 0 Å². The minimum Gasteiger partial charge on any atom is -0.326 e. The van der Waals surface area contributed by atoms with Gasteiger partial charge in [-0.3, -0.25) is 0 Å². The van der Waals surface area contributed by atoms with Crippen LogP contribution in [0.4, 0.5) is 11.6 Å². The summed E-state index contributed by atoms with van der Waals surface area (Å²) < 4.78 is 1.03. The Balaban J connectivity index is 1.95. The number of H-pyrrole nitrogens is 1. The van der Waals surface area contributed by atoms with Gasteiger partial charge in [-0.25, -0.2) is 4.98 Å². The molecule has 2 N–H and O–H groups in total. The van der Waals surface area contributed by atoms with Crippen molar-refractivity contribution in [1.29, 1.82) is 0 Å². The molecule has 0 atom stereocenters. The smallest absolute Gasteiger partial charge is 0.205 e. The molecule has 6 heteroatoms. The summed E-state index contributed by atoms with van der Waals surface area (Å²) in [6.07, 6.45) is 0. The Morgan fingerprint density at radius 3 is 2.47 bits per heavy atom. The largest absolute Gasteiger partial charge is 0.326 e. The summed E-state index contributed by atoms with van der Waals surface area (Å²) in [7, 11) is 0. The second-order valence-electron chi connectivity index (χ2n) is 4.00. The van der Waals surface area contributed by atoms with E-state index >= 15 is 0 Å². The second-order valence-corrected chi connectivity index (χ2v) is 5.73. The van der Waals surface area contributed by atoms with Crippen LogP contribution >= 0.6 is 39.1 Å². The van der Waals surface area contributed by atoms with Gasteiger partial charge in [0.25, 0.3) is 0 Å². The highest BCUT2D eigenvalue weighted by Crippen LogP contribution is 2.28. The van der Waals surface area contributed by atoms with Crippen molar-refractivity contribution >= 4 is 61.8 Å². The molecule has 1 aromatic heterocycles. The van der Waals surface area contributed by atoms with Crippen LogP contribution in [0.5, 0.6) is 0 Å². The molecule has 0 aliphatic carbocycles. The fraction of sp³-hybridized carbons (Fsp3) is 0. The van der Waals surface area contributed by atoms with Gasteiger partial charge in [-0.15, -0.1) is 0 Å². The molecule has 1 heterocycles. The van der Waals surface area contributed by atoms with Crippen molar-refractivity contribution in [1.82, 2.24) is 9.97 Å². The van der Waals surface area contributed by atoms with E-state index in [1.807, 2.05) is 24.3 Å². The van der Waals surface area contributed by atoms with Crippen molar-refractivity contribution in [3.05, 3.63) is 50.9 Å². The number of aromatic amines is 1. The predicted octanol–water partition coefficient (Wildman–Crippen LogP) is 5.38. The van der Waals surface area contributed by atoms with E-state index < -0.39 is 0 Å². The standard InChI is InChI=1S/C13H8BrCl2N3/c14-7-1-3-8(4-2-7)17-13-18-11-5-9(15)10(16)6-12(11)19-13/h1-6H,(H2,17,18,19). The maximum atomic E-state index is 5.97. The third kappa shape index (κ3) is 2.71. The fourth-order valence-electron chi connectivity index (χ4n) is 1.73. The lowest BCUT2D eigenvalue weighted by molar-refractivity contribution is 1.31. The van der Waals surface area contributed by atoms with E-state index in [1.54, 1.807) is 12.1 Å². The molecule has 0 saturated carbocycles. The maximum Gasteiger partial charge on any atom is 0.205 e. The van der Waals surface area contributed by atoms with Gasteiger partial charge in [0.05, 0.1) is 21.1 Å². The Morgan fingerprint density at radius 1 is 1.05 bits per heavy atom. The number of rotatable bonds is 2. The molecule has 0 bridgehead atoms. The first-order valence-corrected chi connectivity index (χ1v) is 7.04. The van der Waals surface area contributed by atoms with Crippen LogP contribution in [0, 0.1) is 0 Å². The van der Waals surface area contributed by atoms with E-state index in [9.17, 15) is 0 Å². The summed E-state index contributed by atoms with van der Waals surface area (Å²) in [6.45, 7) is 0. The van der Waals surface area contributed by atoms with Gasteiger partial charge in [-0.05, 0) is 36.4 Å². The normalized spacial score (nSPS) is 10.9. The lowest BCUT2D eigenvalue weighted by atomic mass is 10.3. The number of hydrogen-bond donors (Lipinski definition) is 2. The summed E-state index contributed by atoms with van der Waals surface area (Å²) in [4.78, 5) is 7.56. The van der Waals surface area contributed by atoms with Gasteiger partial charge in [-0.1, -0.05) is 39.1 Å². The summed E-state index contributed by atoms with van der Waals surface area (Å²) in [5, 5.41) is 4.19. The molecule has 0 fully saturated rings. The van der Waals surface area contributed by atoms with Crippen LogP contribution in [-0.2, 0) is 0 Å². The van der Waals surface area contributed by atoms with Gasteiger partial charge >= 0.3 is 0 Å². The van der Waals surface area contributed by atoms with E-state index in [0.717, 1.165) is 21.2 Å². The molecule has 0 aliphatic rings. The number of nitrogens with one attached hydrogen (secondary N) is 2. The van der Waals surface area contributed by atoms with Gasteiger partial charge in [0.2, 0.25) is 5.95 Å². The van der Waals surface area contributed by atoms with Crippen LogP contribution in [0.1, 0.15) is 0 Å². The second kappa shape index (κ2) is 5.04. The first-order chi connectivity index (χ1) is 9.11.